The number of rotatable bonds is 5. The minimum atomic E-state index is -0.0733. The maximum absolute atomic E-state index is 13.0. The normalized spacial score (nSPS) is 21.0. The van der Waals surface area contributed by atoms with Crippen molar-refractivity contribution in [3.63, 3.8) is 0 Å². The van der Waals surface area contributed by atoms with Gasteiger partial charge in [-0.3, -0.25) is 9.69 Å². The van der Waals surface area contributed by atoms with Crippen LogP contribution in [0.4, 0.5) is 11.4 Å². The lowest BCUT2D eigenvalue weighted by Gasteiger charge is -2.35. The highest BCUT2D eigenvalue weighted by atomic mass is 32.1. The third-order valence-corrected chi connectivity index (χ3v) is 7.44. The summed E-state index contributed by atoms with van der Waals surface area (Å²) in [6, 6.07) is 18.3. The summed E-state index contributed by atoms with van der Waals surface area (Å²) in [6.07, 6.45) is 1.56. The Hall–Kier alpha value is -2.67. The summed E-state index contributed by atoms with van der Waals surface area (Å²) in [7, 11) is 0. The number of amides is 1. The third kappa shape index (κ3) is 5.13. The van der Waals surface area contributed by atoms with Crippen molar-refractivity contribution >= 4 is 28.6 Å². The number of nitrogens with one attached hydrogen (secondary N) is 1. The molecule has 3 heterocycles. The molecule has 2 atom stereocenters. The maximum atomic E-state index is 13.0. The van der Waals surface area contributed by atoms with Gasteiger partial charge in [-0.1, -0.05) is 24.3 Å². The first kappa shape index (κ1) is 22.1. The molecule has 1 fully saturated rings. The monoisotopic (exact) mass is 461 g/mol. The number of morpholine rings is 1. The van der Waals surface area contributed by atoms with E-state index in [4.69, 9.17) is 4.74 Å². The van der Waals surface area contributed by atoms with Crippen molar-refractivity contribution in [3.05, 3.63) is 81.5 Å². The minimum absolute atomic E-state index is 0.0733. The van der Waals surface area contributed by atoms with Crippen LogP contribution in [0.25, 0.3) is 0 Å². The Balaban J connectivity index is 1.25. The van der Waals surface area contributed by atoms with Crippen molar-refractivity contribution < 1.29 is 9.53 Å². The van der Waals surface area contributed by atoms with Gasteiger partial charge in [-0.25, -0.2) is 0 Å². The van der Waals surface area contributed by atoms with Gasteiger partial charge in [0.25, 0.3) is 5.91 Å². The molecule has 1 N–H and O–H groups in total. The van der Waals surface area contributed by atoms with E-state index in [0.717, 1.165) is 50.5 Å². The fourth-order valence-corrected chi connectivity index (χ4v) is 5.83. The molecule has 0 bridgehead atoms. The Labute approximate surface area is 200 Å². The van der Waals surface area contributed by atoms with E-state index in [1.807, 2.05) is 41.7 Å². The number of hydrogen-bond donors (Lipinski definition) is 1. The molecule has 3 aromatic rings. The summed E-state index contributed by atoms with van der Waals surface area (Å²) in [5, 5.41) is 5.32. The second kappa shape index (κ2) is 9.67. The van der Waals surface area contributed by atoms with Crippen LogP contribution in [-0.2, 0) is 24.2 Å². The molecule has 2 aromatic carbocycles. The van der Waals surface area contributed by atoms with E-state index in [2.05, 4.69) is 58.6 Å². The fraction of sp³-hybridized carbons (Fsp3) is 0.370. The standard InChI is InChI=1S/C27H31N3O2S/c1-19-15-29(16-20(2)32-19)17-21-7-9-22(10-8-21)27(31)28-24-5-3-4-6-25(24)30-13-11-26-23(18-30)12-14-33-26/h3-10,12,14,19-20H,11,13,15-18H2,1-2H3,(H,28,31). The Morgan fingerprint density at radius 3 is 2.61 bits per heavy atom. The predicted octanol–water partition coefficient (Wildman–Crippen LogP) is 5.17. The Morgan fingerprint density at radius 2 is 1.82 bits per heavy atom. The molecule has 6 heteroatoms. The van der Waals surface area contributed by atoms with Gasteiger partial charge in [0.05, 0.1) is 23.6 Å². The molecule has 5 rings (SSSR count). The van der Waals surface area contributed by atoms with Gasteiger partial charge in [-0.05, 0) is 67.1 Å². The molecule has 0 spiro atoms. The first-order valence-corrected chi connectivity index (χ1v) is 12.6. The molecular weight excluding hydrogens is 430 g/mol. The Kier molecular flexibility index (Phi) is 6.49. The van der Waals surface area contributed by atoms with Crippen LogP contribution in [0.1, 0.15) is 40.2 Å². The van der Waals surface area contributed by atoms with Crippen molar-refractivity contribution in [1.29, 1.82) is 0 Å². The van der Waals surface area contributed by atoms with Crippen LogP contribution in [-0.4, -0.2) is 42.6 Å². The summed E-state index contributed by atoms with van der Waals surface area (Å²) in [5.41, 5.74) is 5.23. The average molecular weight is 462 g/mol. The first-order chi connectivity index (χ1) is 16.0. The molecule has 2 aliphatic rings. The highest BCUT2D eigenvalue weighted by molar-refractivity contribution is 7.10. The zero-order valence-electron chi connectivity index (χ0n) is 19.3. The predicted molar refractivity (Wildman–Crippen MR) is 135 cm³/mol. The van der Waals surface area contributed by atoms with Crippen LogP contribution in [0.2, 0.25) is 0 Å². The zero-order chi connectivity index (χ0) is 22.8. The Bertz CT molecular complexity index is 1100. The van der Waals surface area contributed by atoms with Gasteiger partial charge in [-0.15, -0.1) is 11.3 Å². The first-order valence-electron chi connectivity index (χ1n) is 11.7. The summed E-state index contributed by atoms with van der Waals surface area (Å²) in [6.45, 7) is 8.85. The summed E-state index contributed by atoms with van der Waals surface area (Å²) >= 11 is 1.84. The molecule has 0 aliphatic carbocycles. The van der Waals surface area contributed by atoms with E-state index in [-0.39, 0.29) is 18.1 Å². The molecule has 1 aromatic heterocycles. The molecule has 172 valence electrons. The number of thiophene rings is 1. The second-order valence-corrected chi connectivity index (χ2v) is 10.2. The van der Waals surface area contributed by atoms with Crippen LogP contribution in [0.15, 0.2) is 60.0 Å². The number of carbonyl (C=O) groups excluding carboxylic acids is 1. The van der Waals surface area contributed by atoms with Crippen LogP contribution in [0, 0.1) is 0 Å². The van der Waals surface area contributed by atoms with Crippen molar-refractivity contribution in [1.82, 2.24) is 4.90 Å². The lowest BCUT2D eigenvalue weighted by molar-refractivity contribution is -0.0704. The summed E-state index contributed by atoms with van der Waals surface area (Å²) in [5.74, 6) is -0.0733. The van der Waals surface area contributed by atoms with Gasteiger partial charge in [0.2, 0.25) is 0 Å². The highest BCUT2D eigenvalue weighted by Gasteiger charge is 2.23. The van der Waals surface area contributed by atoms with Gasteiger partial charge in [-0.2, -0.15) is 0 Å². The fourth-order valence-electron chi connectivity index (χ4n) is 4.94. The molecule has 0 saturated carbocycles. The summed E-state index contributed by atoms with van der Waals surface area (Å²) < 4.78 is 5.83. The number of benzene rings is 2. The SMILES string of the molecule is CC1CN(Cc2ccc(C(=O)Nc3ccccc3N3CCc4sccc4C3)cc2)CC(C)O1. The van der Waals surface area contributed by atoms with E-state index in [9.17, 15) is 4.79 Å². The smallest absolute Gasteiger partial charge is 0.255 e. The molecule has 33 heavy (non-hydrogen) atoms. The lowest BCUT2D eigenvalue weighted by Crippen LogP contribution is -2.44. The van der Waals surface area contributed by atoms with E-state index in [1.165, 1.54) is 16.0 Å². The molecule has 1 amide bonds. The largest absolute Gasteiger partial charge is 0.373 e. The molecular formula is C27H31N3O2S. The van der Waals surface area contributed by atoms with Crippen molar-refractivity contribution in [2.45, 2.75) is 45.6 Å². The average Bonchev–Trinajstić information content (AvgIpc) is 3.27. The number of anilines is 2. The number of ether oxygens (including phenoxy) is 1. The second-order valence-electron chi connectivity index (χ2n) is 9.16. The summed E-state index contributed by atoms with van der Waals surface area (Å²) in [4.78, 5) is 19.3. The van der Waals surface area contributed by atoms with E-state index in [0.29, 0.717) is 5.56 Å². The van der Waals surface area contributed by atoms with E-state index < -0.39 is 0 Å². The van der Waals surface area contributed by atoms with Crippen LogP contribution < -0.4 is 10.2 Å². The van der Waals surface area contributed by atoms with Crippen molar-refractivity contribution in [3.8, 4) is 0 Å². The molecule has 2 aliphatic heterocycles. The molecule has 0 radical (unpaired) electrons. The van der Waals surface area contributed by atoms with Gasteiger partial charge in [0.1, 0.15) is 0 Å². The number of para-hydroxylation sites is 2. The van der Waals surface area contributed by atoms with Gasteiger partial charge in [0, 0.05) is 43.2 Å². The van der Waals surface area contributed by atoms with Crippen molar-refractivity contribution in [2.24, 2.45) is 0 Å². The highest BCUT2D eigenvalue weighted by Crippen LogP contribution is 2.32. The topological polar surface area (TPSA) is 44.8 Å². The van der Waals surface area contributed by atoms with Crippen LogP contribution >= 0.6 is 11.3 Å². The maximum Gasteiger partial charge on any atom is 0.255 e. The van der Waals surface area contributed by atoms with E-state index >= 15 is 0 Å². The lowest BCUT2D eigenvalue weighted by atomic mass is 10.1. The molecule has 1 saturated heterocycles. The number of carbonyl (C=O) groups is 1. The molecule has 2 unspecified atom stereocenters. The molecule has 5 nitrogen and oxygen atoms in total. The third-order valence-electron chi connectivity index (χ3n) is 6.42. The van der Waals surface area contributed by atoms with Gasteiger partial charge < -0.3 is 15.0 Å². The number of hydrogen-bond acceptors (Lipinski definition) is 5. The van der Waals surface area contributed by atoms with Crippen LogP contribution in [0.3, 0.4) is 0 Å². The van der Waals surface area contributed by atoms with Crippen LogP contribution in [0.5, 0.6) is 0 Å². The quantitative estimate of drug-likeness (QED) is 0.569. The van der Waals surface area contributed by atoms with Crippen molar-refractivity contribution in [2.75, 3.05) is 29.9 Å². The zero-order valence-corrected chi connectivity index (χ0v) is 20.1. The van der Waals surface area contributed by atoms with Gasteiger partial charge in [0.15, 0.2) is 0 Å². The minimum Gasteiger partial charge on any atom is -0.373 e. The van der Waals surface area contributed by atoms with E-state index in [1.54, 1.807) is 0 Å². The Morgan fingerprint density at radius 1 is 1.06 bits per heavy atom. The number of nitrogens with zero attached hydrogens (tertiary/aromatic N) is 2. The van der Waals surface area contributed by atoms with Gasteiger partial charge >= 0.3 is 0 Å². The number of fused-ring (bicyclic) bond motifs is 1.